The smallest absolute Gasteiger partial charge is 0.287 e. The molecule has 25 heavy (non-hydrogen) atoms. The zero-order chi connectivity index (χ0) is 17.3. The Bertz CT molecular complexity index is 998. The first-order valence-electron chi connectivity index (χ1n) is 7.37. The van der Waals surface area contributed by atoms with Gasteiger partial charge in [-0.15, -0.1) is 0 Å². The van der Waals surface area contributed by atoms with Crippen LogP contribution in [0.3, 0.4) is 0 Å². The van der Waals surface area contributed by atoms with Gasteiger partial charge in [0.15, 0.2) is 11.9 Å². The predicted octanol–water partition coefficient (Wildman–Crippen LogP) is 3.26. The number of fused-ring (bicyclic) bond motifs is 1. The fourth-order valence-corrected chi connectivity index (χ4v) is 2.67. The number of nitrogens with one attached hydrogen (secondary N) is 1. The quantitative estimate of drug-likeness (QED) is 0.845. The molecule has 1 unspecified atom stereocenters. The molecule has 1 atom stereocenters. The minimum atomic E-state index is -0.0259. The molecule has 0 saturated heterocycles. The first kappa shape index (κ1) is 15.2. The summed E-state index contributed by atoms with van der Waals surface area (Å²) in [6, 6.07) is 11.1. The number of guanidine groups is 1. The Morgan fingerprint density at radius 1 is 1.16 bits per heavy atom. The van der Waals surface area contributed by atoms with E-state index in [-0.39, 0.29) is 4.59 Å². The predicted molar refractivity (Wildman–Crippen MR) is 98.3 cm³/mol. The summed E-state index contributed by atoms with van der Waals surface area (Å²) in [7, 11) is 0. The highest BCUT2D eigenvalue weighted by Gasteiger charge is 2.43. The van der Waals surface area contributed by atoms with Crippen molar-refractivity contribution in [2.75, 3.05) is 5.32 Å². The largest absolute Gasteiger partial charge is 0.320 e. The second-order valence-electron chi connectivity index (χ2n) is 5.33. The number of amidine groups is 1. The third kappa shape index (κ3) is 2.70. The summed E-state index contributed by atoms with van der Waals surface area (Å²) < 4.78 is -0.0259. The molecule has 0 radical (unpaired) electrons. The van der Waals surface area contributed by atoms with Gasteiger partial charge in [-0.05, 0) is 29.4 Å². The maximum atomic E-state index is 9.14. The zero-order valence-corrected chi connectivity index (χ0v) is 13.6. The molecule has 0 bridgehead atoms. The van der Waals surface area contributed by atoms with E-state index in [1.54, 1.807) is 43.0 Å². The van der Waals surface area contributed by atoms with Gasteiger partial charge >= 0.3 is 0 Å². The monoisotopic (exact) mass is 348 g/mol. The molecule has 2 aliphatic heterocycles. The van der Waals surface area contributed by atoms with Crippen molar-refractivity contribution in [1.82, 2.24) is 9.58 Å². The second kappa shape index (κ2) is 5.94. The fourth-order valence-electron chi connectivity index (χ4n) is 2.55. The van der Waals surface area contributed by atoms with Gasteiger partial charge in [-0.2, -0.15) is 10.3 Å². The van der Waals surface area contributed by atoms with Crippen molar-refractivity contribution >= 4 is 41.0 Å². The number of halogens is 1. The van der Waals surface area contributed by atoms with E-state index in [1.807, 2.05) is 12.1 Å². The summed E-state index contributed by atoms with van der Waals surface area (Å²) >= 11 is 5.91. The Balaban J connectivity index is 1.75. The van der Waals surface area contributed by atoms with Crippen molar-refractivity contribution in [2.24, 2.45) is 15.1 Å². The van der Waals surface area contributed by atoms with E-state index in [0.29, 0.717) is 28.1 Å². The Morgan fingerprint density at radius 3 is 2.80 bits per heavy atom. The number of benzene rings is 1. The molecule has 0 aliphatic carbocycles. The minimum absolute atomic E-state index is 0.0259. The molecule has 7 nitrogen and oxygen atoms in total. The number of aliphatic imine (C=N–C) groups is 2. The zero-order valence-electron chi connectivity index (χ0n) is 12.8. The molecule has 1 aromatic carbocycles. The molecule has 0 amide bonds. The lowest BCUT2D eigenvalue weighted by Crippen LogP contribution is -2.44. The molecule has 1 aromatic heterocycles. The van der Waals surface area contributed by atoms with Crippen LogP contribution in [0.2, 0.25) is 5.02 Å². The number of aromatic nitrogens is 1. The number of hydrogen-bond donors (Lipinski definition) is 1. The Hall–Kier alpha value is -3.34. The normalized spacial score (nSPS) is 20.5. The minimum Gasteiger partial charge on any atom is -0.320 e. The summed E-state index contributed by atoms with van der Waals surface area (Å²) in [5, 5.41) is 17.6. The van der Waals surface area contributed by atoms with Crippen LogP contribution in [0.1, 0.15) is 5.56 Å². The molecule has 1 N–H and O–H groups in total. The third-order valence-electron chi connectivity index (χ3n) is 3.73. The average Bonchev–Trinajstić information content (AvgIpc) is 3.03. The topological polar surface area (TPSA) is 85.8 Å². The Kier molecular flexibility index (Phi) is 3.61. The molecule has 0 spiro atoms. The van der Waals surface area contributed by atoms with Crippen LogP contribution < -0.4 is 9.91 Å². The molecule has 4 rings (SSSR count). The summed E-state index contributed by atoms with van der Waals surface area (Å²) in [5.41, 5.74) is 1.97. The van der Waals surface area contributed by atoms with Crippen LogP contribution in [0.25, 0.3) is 0 Å². The van der Waals surface area contributed by atoms with Crippen LogP contribution in [0.15, 0.2) is 70.2 Å². The van der Waals surface area contributed by atoms with Gasteiger partial charge in [0.1, 0.15) is 12.3 Å². The van der Waals surface area contributed by atoms with Crippen LogP contribution >= 0.6 is 11.6 Å². The van der Waals surface area contributed by atoms with Crippen molar-refractivity contribution in [3.8, 4) is 6.07 Å². The van der Waals surface area contributed by atoms with Crippen LogP contribution in [0, 0.1) is 11.3 Å². The van der Waals surface area contributed by atoms with Crippen molar-refractivity contribution in [3.63, 3.8) is 0 Å². The number of quaternary nitrogens is 1. The SMILES string of the molecule is N#Cc1cncc([N+]23C=CN=CC2=NC(Nc2ccc(Cl)cc2)=N3)c1. The number of hydrogen-bond acceptors (Lipinski definition) is 6. The number of anilines is 1. The van der Waals surface area contributed by atoms with E-state index >= 15 is 0 Å². The van der Waals surface area contributed by atoms with E-state index < -0.39 is 0 Å². The highest BCUT2D eigenvalue weighted by Crippen LogP contribution is 2.31. The fraction of sp³-hybridized carbons (Fsp3) is 0. The number of pyridine rings is 1. The third-order valence-corrected chi connectivity index (χ3v) is 3.98. The van der Waals surface area contributed by atoms with Gasteiger partial charge in [0.2, 0.25) is 0 Å². The summed E-state index contributed by atoms with van der Waals surface area (Å²) in [5.74, 6) is 1.04. The number of nitriles is 1. The number of nitrogens with zero attached hydrogens (tertiary/aromatic N) is 6. The van der Waals surface area contributed by atoms with E-state index in [0.717, 1.165) is 5.69 Å². The van der Waals surface area contributed by atoms with Crippen molar-refractivity contribution in [3.05, 3.63) is 65.7 Å². The van der Waals surface area contributed by atoms with Gasteiger partial charge in [0.25, 0.3) is 11.8 Å². The van der Waals surface area contributed by atoms with Crippen molar-refractivity contribution in [2.45, 2.75) is 0 Å². The van der Waals surface area contributed by atoms with Gasteiger partial charge in [-0.3, -0.25) is 9.98 Å². The van der Waals surface area contributed by atoms with Crippen LogP contribution in [0.5, 0.6) is 0 Å². The molecule has 0 saturated carbocycles. The molecule has 2 aromatic rings. The highest BCUT2D eigenvalue weighted by atomic mass is 35.5. The second-order valence-corrected chi connectivity index (χ2v) is 5.77. The Labute approximate surface area is 148 Å². The maximum Gasteiger partial charge on any atom is 0.287 e. The summed E-state index contributed by atoms with van der Waals surface area (Å²) in [6.07, 6.45) is 8.24. The van der Waals surface area contributed by atoms with E-state index in [1.165, 1.54) is 6.20 Å². The van der Waals surface area contributed by atoms with Gasteiger partial charge in [-0.1, -0.05) is 16.2 Å². The highest BCUT2D eigenvalue weighted by molar-refractivity contribution is 6.38. The molecule has 3 heterocycles. The lowest BCUT2D eigenvalue weighted by molar-refractivity contribution is 0.590. The molecular formula is C17H11ClN7+. The molecule has 8 heteroatoms. The maximum absolute atomic E-state index is 9.14. The standard InChI is InChI=1S/C17H11ClN7/c18-13-1-3-14(4-2-13)22-17-23-16-11-20-5-6-25(16,24-17)15-7-12(8-19)9-21-10-15/h1-7,9-11H,(H,22,24)/q+1. The van der Waals surface area contributed by atoms with E-state index in [9.17, 15) is 0 Å². The van der Waals surface area contributed by atoms with Crippen LogP contribution in [0.4, 0.5) is 11.4 Å². The summed E-state index contributed by atoms with van der Waals surface area (Å²) in [4.78, 5) is 12.8. The first-order chi connectivity index (χ1) is 12.2. The van der Waals surface area contributed by atoms with Crippen molar-refractivity contribution < 1.29 is 0 Å². The summed E-state index contributed by atoms with van der Waals surface area (Å²) in [6.45, 7) is 0. The van der Waals surface area contributed by atoms with Gasteiger partial charge in [-0.25, -0.2) is 0 Å². The lowest BCUT2D eigenvalue weighted by atomic mass is 10.2. The molecule has 120 valence electrons. The molecule has 0 fully saturated rings. The van der Waals surface area contributed by atoms with Gasteiger partial charge in [0, 0.05) is 23.0 Å². The molecular weight excluding hydrogens is 338 g/mol. The number of rotatable bonds is 2. The average molecular weight is 349 g/mol. The van der Waals surface area contributed by atoms with E-state index in [4.69, 9.17) is 16.9 Å². The van der Waals surface area contributed by atoms with Crippen LogP contribution in [-0.4, -0.2) is 23.0 Å². The lowest BCUT2D eigenvalue weighted by Gasteiger charge is -2.23. The Morgan fingerprint density at radius 2 is 2.00 bits per heavy atom. The van der Waals surface area contributed by atoms with Crippen molar-refractivity contribution in [1.29, 1.82) is 5.26 Å². The van der Waals surface area contributed by atoms with E-state index in [2.05, 4.69) is 31.5 Å². The van der Waals surface area contributed by atoms with Gasteiger partial charge < -0.3 is 5.32 Å². The first-order valence-corrected chi connectivity index (χ1v) is 7.75. The molecule has 2 aliphatic rings. The van der Waals surface area contributed by atoms with Crippen LogP contribution in [-0.2, 0) is 0 Å². The van der Waals surface area contributed by atoms with Gasteiger partial charge in [0.05, 0.1) is 18.0 Å².